The molecular formula is C8H16O2. The van der Waals surface area contributed by atoms with E-state index in [0.717, 1.165) is 12.3 Å². The van der Waals surface area contributed by atoms with E-state index in [1.807, 2.05) is 0 Å². The minimum Gasteiger partial charge on any atom is -0.366 e. The van der Waals surface area contributed by atoms with Gasteiger partial charge in [0.1, 0.15) is 6.10 Å². The molecule has 1 saturated heterocycles. The van der Waals surface area contributed by atoms with Crippen LogP contribution in [0.3, 0.4) is 0 Å². The molecular weight excluding hydrogens is 128 g/mol. The van der Waals surface area contributed by atoms with Gasteiger partial charge in [0.05, 0.1) is 0 Å². The first-order valence-corrected chi connectivity index (χ1v) is 4.11. The van der Waals surface area contributed by atoms with E-state index in [9.17, 15) is 0 Å². The monoisotopic (exact) mass is 144 g/mol. The Kier molecular flexibility index (Phi) is 2.69. The molecule has 10 heavy (non-hydrogen) atoms. The Labute approximate surface area is 62.2 Å². The summed E-state index contributed by atoms with van der Waals surface area (Å²) in [5, 5.41) is 8.84. The van der Waals surface area contributed by atoms with Crippen molar-refractivity contribution in [2.45, 2.75) is 45.5 Å². The highest BCUT2D eigenvalue weighted by atomic mass is 16.7. The normalized spacial score (nSPS) is 31.2. The third-order valence-electron chi connectivity index (χ3n) is 2.28. The SMILES string of the molecule is CCC(CC)CC1OC1O. The second-order valence-electron chi connectivity index (χ2n) is 2.98. The molecule has 1 N–H and O–H groups in total. The van der Waals surface area contributed by atoms with Crippen molar-refractivity contribution in [3.05, 3.63) is 0 Å². The topological polar surface area (TPSA) is 32.8 Å². The van der Waals surface area contributed by atoms with Crippen LogP contribution in [-0.4, -0.2) is 17.5 Å². The molecule has 60 valence electrons. The number of epoxide rings is 1. The summed E-state index contributed by atoms with van der Waals surface area (Å²) in [5.41, 5.74) is 0. The predicted molar refractivity (Wildman–Crippen MR) is 39.6 cm³/mol. The van der Waals surface area contributed by atoms with Gasteiger partial charge < -0.3 is 9.84 Å². The summed E-state index contributed by atoms with van der Waals surface area (Å²) in [6.07, 6.45) is 3.14. The van der Waals surface area contributed by atoms with E-state index in [-0.39, 0.29) is 6.10 Å². The molecule has 2 unspecified atom stereocenters. The molecule has 1 aliphatic rings. The fraction of sp³-hybridized carbons (Fsp3) is 1.00. The minimum absolute atomic E-state index is 0.157. The molecule has 0 bridgehead atoms. The van der Waals surface area contributed by atoms with E-state index in [1.165, 1.54) is 12.8 Å². The Bertz CT molecular complexity index is 99.4. The second-order valence-corrected chi connectivity index (χ2v) is 2.98. The summed E-state index contributed by atoms with van der Waals surface area (Å²) < 4.78 is 4.91. The summed E-state index contributed by atoms with van der Waals surface area (Å²) in [6.45, 7) is 4.37. The van der Waals surface area contributed by atoms with Crippen LogP contribution in [0.2, 0.25) is 0 Å². The quantitative estimate of drug-likeness (QED) is 0.607. The third kappa shape index (κ3) is 1.96. The molecule has 2 heteroatoms. The highest BCUT2D eigenvalue weighted by Crippen LogP contribution is 2.28. The molecule has 2 nitrogen and oxygen atoms in total. The van der Waals surface area contributed by atoms with Gasteiger partial charge in [0.25, 0.3) is 0 Å². The van der Waals surface area contributed by atoms with Gasteiger partial charge in [-0.2, -0.15) is 0 Å². The second kappa shape index (κ2) is 3.35. The zero-order valence-corrected chi connectivity index (χ0v) is 6.71. The highest BCUT2D eigenvalue weighted by Gasteiger charge is 2.37. The number of aliphatic hydroxyl groups is 1. The van der Waals surface area contributed by atoms with Crippen molar-refractivity contribution >= 4 is 0 Å². The third-order valence-corrected chi connectivity index (χ3v) is 2.28. The molecule has 0 aromatic rings. The lowest BCUT2D eigenvalue weighted by atomic mass is 9.98. The van der Waals surface area contributed by atoms with Gasteiger partial charge in [-0.05, 0) is 12.3 Å². The van der Waals surface area contributed by atoms with Crippen molar-refractivity contribution in [2.75, 3.05) is 0 Å². The summed E-state index contributed by atoms with van der Waals surface area (Å²) in [7, 11) is 0. The Balaban J connectivity index is 2.10. The minimum atomic E-state index is -0.444. The van der Waals surface area contributed by atoms with Crippen LogP contribution in [0.15, 0.2) is 0 Å². The molecule has 1 heterocycles. The Morgan fingerprint density at radius 2 is 1.90 bits per heavy atom. The fourth-order valence-corrected chi connectivity index (χ4v) is 1.26. The van der Waals surface area contributed by atoms with Gasteiger partial charge in [0.15, 0.2) is 6.29 Å². The molecule has 0 radical (unpaired) electrons. The van der Waals surface area contributed by atoms with Gasteiger partial charge in [-0.1, -0.05) is 26.7 Å². The largest absolute Gasteiger partial charge is 0.366 e. The van der Waals surface area contributed by atoms with Crippen LogP contribution in [0.1, 0.15) is 33.1 Å². The van der Waals surface area contributed by atoms with Crippen LogP contribution in [0.25, 0.3) is 0 Å². The van der Waals surface area contributed by atoms with Crippen LogP contribution >= 0.6 is 0 Å². The first kappa shape index (κ1) is 8.02. The van der Waals surface area contributed by atoms with Gasteiger partial charge >= 0.3 is 0 Å². The van der Waals surface area contributed by atoms with E-state index in [1.54, 1.807) is 0 Å². The van der Waals surface area contributed by atoms with Gasteiger partial charge in [-0.3, -0.25) is 0 Å². The predicted octanol–water partition coefficient (Wildman–Crippen LogP) is 1.53. The average Bonchev–Trinajstić information content (AvgIpc) is 2.62. The number of ether oxygens (including phenoxy) is 1. The lowest BCUT2D eigenvalue weighted by Gasteiger charge is -2.08. The van der Waals surface area contributed by atoms with Crippen LogP contribution in [0.4, 0.5) is 0 Å². The van der Waals surface area contributed by atoms with E-state index in [0.29, 0.717) is 0 Å². The van der Waals surface area contributed by atoms with E-state index in [4.69, 9.17) is 9.84 Å². The number of hydrogen-bond donors (Lipinski definition) is 1. The smallest absolute Gasteiger partial charge is 0.181 e. The molecule has 0 aromatic carbocycles. The van der Waals surface area contributed by atoms with Crippen molar-refractivity contribution in [1.29, 1.82) is 0 Å². The Morgan fingerprint density at radius 1 is 1.40 bits per heavy atom. The Hall–Kier alpha value is -0.0800. The van der Waals surface area contributed by atoms with Crippen molar-refractivity contribution in [2.24, 2.45) is 5.92 Å². The van der Waals surface area contributed by atoms with Gasteiger partial charge in [0.2, 0.25) is 0 Å². The summed E-state index contributed by atoms with van der Waals surface area (Å²) in [4.78, 5) is 0. The molecule has 0 amide bonds. The summed E-state index contributed by atoms with van der Waals surface area (Å²) in [5.74, 6) is 0.738. The molecule has 2 atom stereocenters. The van der Waals surface area contributed by atoms with Crippen molar-refractivity contribution < 1.29 is 9.84 Å². The number of aliphatic hydroxyl groups excluding tert-OH is 1. The molecule has 1 aliphatic heterocycles. The zero-order chi connectivity index (χ0) is 7.56. The lowest BCUT2D eigenvalue weighted by Crippen LogP contribution is -2.03. The summed E-state index contributed by atoms with van der Waals surface area (Å²) >= 11 is 0. The van der Waals surface area contributed by atoms with Crippen molar-refractivity contribution in [3.63, 3.8) is 0 Å². The maximum Gasteiger partial charge on any atom is 0.181 e. The molecule has 1 fully saturated rings. The van der Waals surface area contributed by atoms with Crippen LogP contribution in [0, 0.1) is 5.92 Å². The van der Waals surface area contributed by atoms with E-state index in [2.05, 4.69) is 13.8 Å². The first-order chi connectivity index (χ1) is 4.77. The standard InChI is InChI=1S/C8H16O2/c1-3-6(4-2)5-7-8(9)10-7/h6-9H,3-5H2,1-2H3. The maximum atomic E-state index is 8.84. The first-order valence-electron chi connectivity index (χ1n) is 4.11. The Morgan fingerprint density at radius 3 is 2.20 bits per heavy atom. The van der Waals surface area contributed by atoms with Crippen molar-refractivity contribution in [1.82, 2.24) is 0 Å². The lowest BCUT2D eigenvalue weighted by molar-refractivity contribution is 0.155. The fourth-order valence-electron chi connectivity index (χ4n) is 1.26. The van der Waals surface area contributed by atoms with Crippen molar-refractivity contribution in [3.8, 4) is 0 Å². The van der Waals surface area contributed by atoms with Crippen LogP contribution in [0.5, 0.6) is 0 Å². The van der Waals surface area contributed by atoms with Gasteiger partial charge in [0, 0.05) is 0 Å². The summed E-state index contributed by atoms with van der Waals surface area (Å²) in [6, 6.07) is 0. The number of rotatable bonds is 4. The molecule has 1 rings (SSSR count). The van der Waals surface area contributed by atoms with Gasteiger partial charge in [-0.15, -0.1) is 0 Å². The van der Waals surface area contributed by atoms with Crippen LogP contribution < -0.4 is 0 Å². The molecule has 0 aliphatic carbocycles. The highest BCUT2D eigenvalue weighted by molar-refractivity contribution is 4.77. The van der Waals surface area contributed by atoms with E-state index < -0.39 is 6.29 Å². The average molecular weight is 144 g/mol. The number of hydrogen-bond acceptors (Lipinski definition) is 2. The van der Waals surface area contributed by atoms with E-state index >= 15 is 0 Å². The molecule has 0 spiro atoms. The molecule has 0 saturated carbocycles. The maximum absolute atomic E-state index is 8.84. The zero-order valence-electron chi connectivity index (χ0n) is 6.71. The molecule has 0 aromatic heterocycles. The van der Waals surface area contributed by atoms with Crippen LogP contribution in [-0.2, 0) is 4.74 Å². The van der Waals surface area contributed by atoms with Gasteiger partial charge in [-0.25, -0.2) is 0 Å².